The molecular formula is C17H34N2O. The SMILES string of the molecule is CC(C)CN1CCN(CC2C(C)CC(C)CC2O)CC1. The topological polar surface area (TPSA) is 26.7 Å². The molecule has 1 aliphatic carbocycles. The van der Waals surface area contributed by atoms with Crippen molar-refractivity contribution in [3.63, 3.8) is 0 Å². The number of aliphatic hydroxyl groups excluding tert-OH is 1. The van der Waals surface area contributed by atoms with Crippen molar-refractivity contribution >= 4 is 0 Å². The maximum atomic E-state index is 10.4. The lowest BCUT2D eigenvalue weighted by atomic mass is 9.73. The maximum Gasteiger partial charge on any atom is 0.0585 e. The maximum absolute atomic E-state index is 10.4. The van der Waals surface area contributed by atoms with Crippen LogP contribution in [0, 0.1) is 23.7 Å². The third-order valence-corrected chi connectivity index (χ3v) is 5.20. The molecule has 4 unspecified atom stereocenters. The predicted octanol–water partition coefficient (Wildman–Crippen LogP) is 2.30. The second-order valence-corrected chi connectivity index (χ2v) is 7.78. The summed E-state index contributed by atoms with van der Waals surface area (Å²) in [5.41, 5.74) is 0. The zero-order chi connectivity index (χ0) is 14.7. The van der Waals surface area contributed by atoms with Crippen molar-refractivity contribution in [3.8, 4) is 0 Å². The Morgan fingerprint density at radius 3 is 2.15 bits per heavy atom. The summed E-state index contributed by atoms with van der Waals surface area (Å²) < 4.78 is 0. The molecule has 0 aromatic heterocycles. The molecule has 2 rings (SSSR count). The van der Waals surface area contributed by atoms with Crippen molar-refractivity contribution in [2.45, 2.75) is 46.6 Å². The first-order chi connectivity index (χ1) is 9.45. The Balaban J connectivity index is 1.77. The number of rotatable bonds is 4. The van der Waals surface area contributed by atoms with Crippen LogP contribution >= 0.6 is 0 Å². The van der Waals surface area contributed by atoms with Crippen molar-refractivity contribution in [1.29, 1.82) is 0 Å². The molecule has 0 aromatic rings. The smallest absolute Gasteiger partial charge is 0.0585 e. The van der Waals surface area contributed by atoms with Crippen molar-refractivity contribution in [2.24, 2.45) is 23.7 Å². The molecule has 0 bridgehead atoms. The highest BCUT2D eigenvalue weighted by atomic mass is 16.3. The van der Waals surface area contributed by atoms with Gasteiger partial charge in [0, 0.05) is 45.2 Å². The largest absolute Gasteiger partial charge is 0.393 e. The molecule has 2 aliphatic rings. The zero-order valence-electron chi connectivity index (χ0n) is 13.9. The van der Waals surface area contributed by atoms with E-state index >= 15 is 0 Å². The van der Waals surface area contributed by atoms with E-state index in [1.54, 1.807) is 0 Å². The monoisotopic (exact) mass is 282 g/mol. The van der Waals surface area contributed by atoms with Crippen molar-refractivity contribution in [3.05, 3.63) is 0 Å². The van der Waals surface area contributed by atoms with E-state index in [0.717, 1.165) is 18.9 Å². The molecule has 1 aliphatic heterocycles. The van der Waals surface area contributed by atoms with Gasteiger partial charge in [-0.05, 0) is 30.6 Å². The van der Waals surface area contributed by atoms with Gasteiger partial charge in [0.15, 0.2) is 0 Å². The van der Waals surface area contributed by atoms with Crippen LogP contribution in [0.3, 0.4) is 0 Å². The molecule has 3 heteroatoms. The Kier molecular flexibility index (Phi) is 5.88. The summed E-state index contributed by atoms with van der Waals surface area (Å²) >= 11 is 0. The molecule has 1 saturated carbocycles. The third kappa shape index (κ3) is 4.44. The molecule has 0 radical (unpaired) electrons. The van der Waals surface area contributed by atoms with Crippen LogP contribution < -0.4 is 0 Å². The van der Waals surface area contributed by atoms with Crippen molar-refractivity contribution in [1.82, 2.24) is 9.80 Å². The summed E-state index contributed by atoms with van der Waals surface area (Å²) in [6, 6.07) is 0. The highest BCUT2D eigenvalue weighted by molar-refractivity contribution is 4.86. The van der Waals surface area contributed by atoms with E-state index in [1.165, 1.54) is 39.1 Å². The van der Waals surface area contributed by atoms with Gasteiger partial charge in [0.25, 0.3) is 0 Å². The summed E-state index contributed by atoms with van der Waals surface area (Å²) in [4.78, 5) is 5.17. The first-order valence-electron chi connectivity index (χ1n) is 8.58. The summed E-state index contributed by atoms with van der Waals surface area (Å²) in [6.07, 6.45) is 2.21. The fraction of sp³-hybridized carbons (Fsp3) is 1.00. The lowest BCUT2D eigenvalue weighted by Crippen LogP contribution is -2.51. The van der Waals surface area contributed by atoms with Crippen LogP contribution in [0.2, 0.25) is 0 Å². The lowest BCUT2D eigenvalue weighted by molar-refractivity contribution is -0.0101. The van der Waals surface area contributed by atoms with E-state index in [9.17, 15) is 5.11 Å². The molecule has 0 aromatic carbocycles. The van der Waals surface area contributed by atoms with Crippen LogP contribution in [-0.4, -0.2) is 60.3 Å². The fourth-order valence-electron chi connectivity index (χ4n) is 4.14. The fourth-order valence-corrected chi connectivity index (χ4v) is 4.14. The summed E-state index contributed by atoms with van der Waals surface area (Å²) in [6.45, 7) is 16.3. The van der Waals surface area contributed by atoms with Crippen LogP contribution in [0.5, 0.6) is 0 Å². The Hall–Kier alpha value is -0.120. The Labute approximate surface area is 125 Å². The van der Waals surface area contributed by atoms with E-state index < -0.39 is 0 Å². The molecule has 0 spiro atoms. The minimum absolute atomic E-state index is 0.0811. The number of nitrogens with zero attached hydrogens (tertiary/aromatic N) is 2. The zero-order valence-corrected chi connectivity index (χ0v) is 13.9. The number of piperazine rings is 1. The molecule has 1 heterocycles. The van der Waals surface area contributed by atoms with Gasteiger partial charge in [0.05, 0.1) is 6.10 Å². The average molecular weight is 282 g/mol. The molecule has 4 atom stereocenters. The highest BCUT2D eigenvalue weighted by Crippen LogP contribution is 2.34. The van der Waals surface area contributed by atoms with E-state index in [4.69, 9.17) is 0 Å². The van der Waals surface area contributed by atoms with Crippen LogP contribution in [0.15, 0.2) is 0 Å². The van der Waals surface area contributed by atoms with Gasteiger partial charge in [0.2, 0.25) is 0 Å². The molecule has 118 valence electrons. The van der Waals surface area contributed by atoms with Crippen molar-refractivity contribution in [2.75, 3.05) is 39.3 Å². The minimum Gasteiger partial charge on any atom is -0.393 e. The van der Waals surface area contributed by atoms with Gasteiger partial charge in [-0.15, -0.1) is 0 Å². The van der Waals surface area contributed by atoms with E-state index in [0.29, 0.717) is 17.8 Å². The quantitative estimate of drug-likeness (QED) is 0.857. The summed E-state index contributed by atoms with van der Waals surface area (Å²) in [5, 5.41) is 10.4. The van der Waals surface area contributed by atoms with Crippen molar-refractivity contribution < 1.29 is 5.11 Å². The predicted molar refractivity (Wildman–Crippen MR) is 84.8 cm³/mol. The number of aliphatic hydroxyl groups is 1. The van der Waals surface area contributed by atoms with E-state index in [2.05, 4.69) is 37.5 Å². The molecule has 20 heavy (non-hydrogen) atoms. The Bertz CT molecular complexity index is 275. The Morgan fingerprint density at radius 1 is 1.00 bits per heavy atom. The number of hydrogen-bond acceptors (Lipinski definition) is 3. The second kappa shape index (κ2) is 7.24. The second-order valence-electron chi connectivity index (χ2n) is 7.78. The molecule has 0 amide bonds. The van der Waals surface area contributed by atoms with Gasteiger partial charge < -0.3 is 14.9 Å². The van der Waals surface area contributed by atoms with Crippen LogP contribution in [-0.2, 0) is 0 Å². The lowest BCUT2D eigenvalue weighted by Gasteiger charge is -2.42. The summed E-state index contributed by atoms with van der Waals surface area (Å²) in [7, 11) is 0. The molecule has 1 saturated heterocycles. The van der Waals surface area contributed by atoms with Gasteiger partial charge in [-0.1, -0.05) is 27.7 Å². The Morgan fingerprint density at radius 2 is 1.60 bits per heavy atom. The van der Waals surface area contributed by atoms with E-state index in [1.807, 2.05) is 0 Å². The van der Waals surface area contributed by atoms with Crippen LogP contribution in [0.4, 0.5) is 0 Å². The standard InChI is InChI=1S/C17H34N2O/c1-13(2)11-18-5-7-19(8-6-18)12-16-15(4)9-14(3)10-17(16)20/h13-17,20H,5-12H2,1-4H3. The van der Waals surface area contributed by atoms with Crippen LogP contribution in [0.1, 0.15) is 40.5 Å². The van der Waals surface area contributed by atoms with Gasteiger partial charge in [0.1, 0.15) is 0 Å². The van der Waals surface area contributed by atoms with E-state index in [-0.39, 0.29) is 6.10 Å². The van der Waals surface area contributed by atoms with Crippen LogP contribution in [0.25, 0.3) is 0 Å². The average Bonchev–Trinajstić information content (AvgIpc) is 2.35. The third-order valence-electron chi connectivity index (χ3n) is 5.20. The number of hydrogen-bond donors (Lipinski definition) is 1. The molecule has 3 nitrogen and oxygen atoms in total. The highest BCUT2D eigenvalue weighted by Gasteiger charge is 2.34. The minimum atomic E-state index is -0.0811. The first kappa shape index (κ1) is 16.3. The van der Waals surface area contributed by atoms with Gasteiger partial charge in [-0.3, -0.25) is 0 Å². The summed E-state index contributed by atoms with van der Waals surface area (Å²) in [5.74, 6) is 2.62. The molecule has 2 fully saturated rings. The first-order valence-corrected chi connectivity index (χ1v) is 8.58. The normalized spacial score (nSPS) is 37.5. The van der Waals surface area contributed by atoms with Gasteiger partial charge in [-0.2, -0.15) is 0 Å². The molecule has 1 N–H and O–H groups in total. The van der Waals surface area contributed by atoms with Gasteiger partial charge >= 0.3 is 0 Å². The van der Waals surface area contributed by atoms with Gasteiger partial charge in [-0.25, -0.2) is 0 Å². The molecular weight excluding hydrogens is 248 g/mol.